The van der Waals surface area contributed by atoms with Gasteiger partial charge in [-0.3, -0.25) is 5.10 Å². The second kappa shape index (κ2) is 5.63. The molecule has 2 N–H and O–H groups in total. The smallest absolute Gasteiger partial charge is 0.171 e. The van der Waals surface area contributed by atoms with Crippen LogP contribution in [0, 0.1) is 6.92 Å². The summed E-state index contributed by atoms with van der Waals surface area (Å²) in [4.78, 5) is 8.05. The topological polar surface area (TPSA) is 66.5 Å². The number of anilines is 1. The molecule has 2 heterocycles. The fraction of sp³-hybridized carbons (Fsp3) is 0.364. The van der Waals surface area contributed by atoms with Gasteiger partial charge in [-0.15, -0.1) is 0 Å². The Morgan fingerprint density at radius 1 is 1.35 bits per heavy atom. The van der Waals surface area contributed by atoms with Gasteiger partial charge in [-0.05, 0) is 25.3 Å². The minimum atomic E-state index is 0.409. The van der Waals surface area contributed by atoms with Gasteiger partial charge in [-0.25, -0.2) is 9.97 Å². The maximum atomic E-state index is 5.88. The molecule has 0 aliphatic rings. The predicted molar refractivity (Wildman–Crippen MR) is 67.2 cm³/mol. The lowest BCUT2D eigenvalue weighted by atomic mass is 10.1. The van der Waals surface area contributed by atoms with Crippen molar-refractivity contribution in [2.45, 2.75) is 19.8 Å². The normalized spacial score (nSPS) is 10.5. The number of hydrogen-bond acceptors (Lipinski definition) is 4. The first-order chi connectivity index (χ1) is 8.27. The molecule has 0 aliphatic carbocycles. The summed E-state index contributed by atoms with van der Waals surface area (Å²) < 4.78 is 0. The van der Waals surface area contributed by atoms with Crippen LogP contribution >= 0.6 is 11.6 Å². The summed E-state index contributed by atoms with van der Waals surface area (Å²) in [5.74, 6) is 0.637. The van der Waals surface area contributed by atoms with E-state index in [1.54, 1.807) is 12.4 Å². The van der Waals surface area contributed by atoms with Crippen LogP contribution in [0.5, 0.6) is 0 Å². The molecule has 0 amide bonds. The molecule has 0 aliphatic heterocycles. The monoisotopic (exact) mass is 251 g/mol. The van der Waals surface area contributed by atoms with Gasteiger partial charge in [-0.1, -0.05) is 11.6 Å². The number of H-pyrrole nitrogens is 1. The summed E-state index contributed by atoms with van der Waals surface area (Å²) in [6, 6.07) is 0. The van der Waals surface area contributed by atoms with Crippen LogP contribution in [0.15, 0.2) is 18.6 Å². The molecule has 0 saturated carbocycles. The van der Waals surface area contributed by atoms with Crippen molar-refractivity contribution in [3.8, 4) is 0 Å². The zero-order valence-corrected chi connectivity index (χ0v) is 10.3. The average Bonchev–Trinajstić information content (AvgIpc) is 2.73. The van der Waals surface area contributed by atoms with Crippen LogP contribution in [0.2, 0.25) is 5.15 Å². The van der Waals surface area contributed by atoms with E-state index in [0.717, 1.165) is 25.1 Å². The molecule has 17 heavy (non-hydrogen) atoms. The van der Waals surface area contributed by atoms with Crippen LogP contribution < -0.4 is 5.32 Å². The molecular formula is C11H14ClN5. The largest absolute Gasteiger partial charge is 0.368 e. The van der Waals surface area contributed by atoms with E-state index in [0.29, 0.717) is 11.0 Å². The lowest BCUT2D eigenvalue weighted by molar-refractivity contribution is 0.852. The first-order valence-corrected chi connectivity index (χ1v) is 5.84. The van der Waals surface area contributed by atoms with Gasteiger partial charge in [0.15, 0.2) is 11.0 Å². The van der Waals surface area contributed by atoms with Crippen molar-refractivity contribution in [2.75, 3.05) is 11.9 Å². The summed E-state index contributed by atoms with van der Waals surface area (Å²) in [7, 11) is 0. The maximum Gasteiger partial charge on any atom is 0.171 e. The van der Waals surface area contributed by atoms with Gasteiger partial charge in [0.25, 0.3) is 0 Å². The molecule has 6 heteroatoms. The zero-order valence-electron chi connectivity index (χ0n) is 9.57. The number of rotatable bonds is 5. The highest BCUT2D eigenvalue weighted by molar-refractivity contribution is 6.31. The Hall–Kier alpha value is -1.62. The second-order valence-electron chi connectivity index (χ2n) is 3.75. The van der Waals surface area contributed by atoms with Crippen molar-refractivity contribution in [3.05, 3.63) is 35.0 Å². The molecule has 0 radical (unpaired) electrons. The molecular weight excluding hydrogens is 238 g/mol. The SMILES string of the molecule is Cc1[nH]ncc1CCCNc1nccnc1Cl. The molecule has 0 bridgehead atoms. The Labute approximate surface area is 105 Å². The van der Waals surface area contributed by atoms with Crippen molar-refractivity contribution < 1.29 is 0 Å². The number of nitrogens with zero attached hydrogens (tertiary/aromatic N) is 3. The van der Waals surface area contributed by atoms with Crippen LogP contribution in [0.3, 0.4) is 0 Å². The number of halogens is 1. The van der Waals surface area contributed by atoms with Crippen molar-refractivity contribution >= 4 is 17.4 Å². The zero-order chi connectivity index (χ0) is 12.1. The molecule has 0 spiro atoms. The molecule has 0 atom stereocenters. The van der Waals surface area contributed by atoms with E-state index < -0.39 is 0 Å². The molecule has 0 unspecified atom stereocenters. The van der Waals surface area contributed by atoms with Crippen LogP contribution in [0.25, 0.3) is 0 Å². The first kappa shape index (κ1) is 11.9. The van der Waals surface area contributed by atoms with Crippen molar-refractivity contribution in [2.24, 2.45) is 0 Å². The van der Waals surface area contributed by atoms with Crippen LogP contribution in [0.4, 0.5) is 5.82 Å². The fourth-order valence-corrected chi connectivity index (χ4v) is 1.72. The third-order valence-electron chi connectivity index (χ3n) is 2.50. The molecule has 2 rings (SSSR count). The second-order valence-corrected chi connectivity index (χ2v) is 4.10. The number of nitrogens with one attached hydrogen (secondary N) is 2. The average molecular weight is 252 g/mol. The Kier molecular flexibility index (Phi) is 3.93. The summed E-state index contributed by atoms with van der Waals surface area (Å²) in [6.45, 7) is 2.83. The van der Waals surface area contributed by atoms with Crippen LogP contribution in [-0.4, -0.2) is 26.7 Å². The fourth-order valence-electron chi connectivity index (χ4n) is 1.55. The van der Waals surface area contributed by atoms with Gasteiger partial charge < -0.3 is 5.32 Å². The van der Waals surface area contributed by atoms with E-state index in [1.807, 2.05) is 13.1 Å². The highest BCUT2D eigenvalue weighted by Gasteiger charge is 2.02. The standard InChI is InChI=1S/C11H14ClN5/c1-8-9(7-16-17-8)3-2-4-14-11-10(12)13-5-6-15-11/h5-7H,2-4H2,1H3,(H,14,15)(H,16,17). The van der Waals surface area contributed by atoms with Gasteiger partial charge in [0, 0.05) is 24.6 Å². The minimum Gasteiger partial charge on any atom is -0.368 e. The van der Waals surface area contributed by atoms with Crippen LogP contribution in [0.1, 0.15) is 17.7 Å². The van der Waals surface area contributed by atoms with Gasteiger partial charge in [-0.2, -0.15) is 5.10 Å². The van der Waals surface area contributed by atoms with Gasteiger partial charge in [0.2, 0.25) is 0 Å². The Bertz CT molecular complexity index is 482. The molecule has 2 aromatic rings. The molecule has 2 aromatic heterocycles. The molecule has 5 nitrogen and oxygen atoms in total. The highest BCUT2D eigenvalue weighted by Crippen LogP contribution is 2.14. The quantitative estimate of drug-likeness (QED) is 0.800. The first-order valence-electron chi connectivity index (χ1n) is 5.46. The number of aromatic nitrogens is 4. The summed E-state index contributed by atoms with van der Waals surface area (Å²) in [5.41, 5.74) is 2.37. The van der Waals surface area contributed by atoms with E-state index in [9.17, 15) is 0 Å². The molecule has 0 saturated heterocycles. The maximum absolute atomic E-state index is 5.88. The van der Waals surface area contributed by atoms with Crippen molar-refractivity contribution in [3.63, 3.8) is 0 Å². The lowest BCUT2D eigenvalue weighted by Gasteiger charge is -2.05. The lowest BCUT2D eigenvalue weighted by Crippen LogP contribution is -2.05. The number of aromatic amines is 1. The van der Waals surface area contributed by atoms with Gasteiger partial charge >= 0.3 is 0 Å². The Morgan fingerprint density at radius 2 is 2.18 bits per heavy atom. The Morgan fingerprint density at radius 3 is 2.88 bits per heavy atom. The summed E-state index contributed by atoms with van der Waals surface area (Å²) in [6.07, 6.45) is 7.03. The number of aryl methyl sites for hydroxylation is 2. The van der Waals surface area contributed by atoms with Gasteiger partial charge in [0.1, 0.15) is 0 Å². The Balaban J connectivity index is 1.77. The van der Waals surface area contributed by atoms with Crippen LogP contribution in [-0.2, 0) is 6.42 Å². The van der Waals surface area contributed by atoms with Crippen molar-refractivity contribution in [1.82, 2.24) is 20.2 Å². The van der Waals surface area contributed by atoms with Crippen molar-refractivity contribution in [1.29, 1.82) is 0 Å². The summed E-state index contributed by atoms with van der Waals surface area (Å²) in [5, 5.41) is 10.5. The predicted octanol–water partition coefficient (Wildman–Crippen LogP) is 2.21. The third kappa shape index (κ3) is 3.17. The van der Waals surface area contributed by atoms with E-state index in [2.05, 4.69) is 25.5 Å². The van der Waals surface area contributed by atoms with E-state index in [4.69, 9.17) is 11.6 Å². The molecule has 90 valence electrons. The highest BCUT2D eigenvalue weighted by atomic mass is 35.5. The summed E-state index contributed by atoms with van der Waals surface area (Å²) >= 11 is 5.88. The van der Waals surface area contributed by atoms with E-state index >= 15 is 0 Å². The number of hydrogen-bond donors (Lipinski definition) is 2. The minimum absolute atomic E-state index is 0.409. The van der Waals surface area contributed by atoms with E-state index in [1.165, 1.54) is 5.56 Å². The third-order valence-corrected chi connectivity index (χ3v) is 2.78. The molecule has 0 fully saturated rings. The molecule has 0 aromatic carbocycles. The van der Waals surface area contributed by atoms with E-state index in [-0.39, 0.29) is 0 Å². The van der Waals surface area contributed by atoms with Gasteiger partial charge in [0.05, 0.1) is 6.20 Å².